The van der Waals surface area contributed by atoms with Crippen LogP contribution >= 0.6 is 0 Å². The molecule has 4 aliphatic rings. The van der Waals surface area contributed by atoms with Crippen LogP contribution in [0.25, 0.3) is 0 Å². The van der Waals surface area contributed by atoms with Crippen LogP contribution in [0.1, 0.15) is 113 Å². The maximum atomic E-state index is 10.3. The molecule has 2 saturated carbocycles. The molecule has 0 aromatic carbocycles. The Morgan fingerprint density at radius 2 is 1.73 bits per heavy atom. The number of aliphatic hydroxyl groups excluding tert-OH is 1. The van der Waals surface area contributed by atoms with Crippen molar-refractivity contribution in [2.45, 2.75) is 119 Å². The van der Waals surface area contributed by atoms with Crippen molar-refractivity contribution in [1.82, 2.24) is 0 Å². The average Bonchev–Trinajstić information content (AvgIpc) is 2.97. The number of allylic oxidation sites excluding steroid dienone is 4. The summed E-state index contributed by atoms with van der Waals surface area (Å²) in [6.07, 6.45) is 15.2. The number of aliphatic hydroxyl groups is 1. The predicted molar refractivity (Wildman–Crippen MR) is 128 cm³/mol. The molecule has 30 heavy (non-hydrogen) atoms. The summed E-state index contributed by atoms with van der Waals surface area (Å²) < 4.78 is 0. The van der Waals surface area contributed by atoms with E-state index in [4.69, 9.17) is 0 Å². The summed E-state index contributed by atoms with van der Waals surface area (Å²) in [7, 11) is 0. The first-order valence-electron chi connectivity index (χ1n) is 13.1. The minimum Gasteiger partial charge on any atom is -0.393 e. The standard InChI is InChI=1S/C29H48O/c1-19(2)20(3)8-9-21(4)24-13-16-29(7)26-11-10-22-18-23(30)12-15-27(22,5)25(26)14-17-28(24,29)6/h8,19,21-24,30H,9-18H2,1-7H3. The number of fused-ring (bicyclic) bond motifs is 4. The van der Waals surface area contributed by atoms with Gasteiger partial charge >= 0.3 is 0 Å². The monoisotopic (exact) mass is 412 g/mol. The molecule has 0 saturated heterocycles. The van der Waals surface area contributed by atoms with Gasteiger partial charge in [0.15, 0.2) is 0 Å². The lowest BCUT2D eigenvalue weighted by molar-refractivity contribution is -0.00415. The van der Waals surface area contributed by atoms with Gasteiger partial charge in [-0.25, -0.2) is 0 Å². The summed E-state index contributed by atoms with van der Waals surface area (Å²) in [6.45, 7) is 17.4. The fraction of sp³-hybridized carbons (Fsp3) is 0.862. The first-order valence-corrected chi connectivity index (χ1v) is 13.1. The molecule has 0 spiro atoms. The molecule has 0 heterocycles. The molecule has 0 aromatic rings. The normalized spacial score (nSPS) is 45.2. The van der Waals surface area contributed by atoms with Gasteiger partial charge in [0.1, 0.15) is 0 Å². The van der Waals surface area contributed by atoms with Crippen LogP contribution in [-0.4, -0.2) is 11.2 Å². The molecule has 7 unspecified atom stereocenters. The van der Waals surface area contributed by atoms with E-state index in [1.165, 1.54) is 51.4 Å². The lowest BCUT2D eigenvalue weighted by Gasteiger charge is -2.59. The van der Waals surface area contributed by atoms with Crippen molar-refractivity contribution in [2.24, 2.45) is 39.9 Å². The Hall–Kier alpha value is -0.560. The fourth-order valence-corrected chi connectivity index (χ4v) is 8.55. The highest BCUT2D eigenvalue weighted by Crippen LogP contribution is 2.71. The molecule has 170 valence electrons. The minimum absolute atomic E-state index is 0.0475. The second-order valence-corrected chi connectivity index (χ2v) is 12.7. The van der Waals surface area contributed by atoms with Crippen LogP contribution < -0.4 is 0 Å². The first kappa shape index (κ1) is 22.6. The summed E-state index contributed by atoms with van der Waals surface area (Å²) in [6, 6.07) is 0. The van der Waals surface area contributed by atoms with E-state index in [1.807, 2.05) is 11.1 Å². The van der Waals surface area contributed by atoms with Crippen molar-refractivity contribution < 1.29 is 5.11 Å². The summed E-state index contributed by atoms with van der Waals surface area (Å²) in [5.74, 6) is 3.03. The van der Waals surface area contributed by atoms with Gasteiger partial charge in [0, 0.05) is 0 Å². The third-order valence-electron chi connectivity index (χ3n) is 11.3. The van der Waals surface area contributed by atoms with Gasteiger partial charge in [0.25, 0.3) is 0 Å². The van der Waals surface area contributed by atoms with Crippen molar-refractivity contribution in [3.05, 3.63) is 22.8 Å². The van der Waals surface area contributed by atoms with Crippen molar-refractivity contribution >= 4 is 0 Å². The molecule has 7 atom stereocenters. The zero-order chi connectivity index (χ0) is 21.9. The number of rotatable bonds is 4. The Kier molecular flexibility index (Phi) is 5.87. The molecular formula is C29H48O. The number of hydrogen-bond acceptors (Lipinski definition) is 1. The molecule has 0 bridgehead atoms. The molecule has 0 aromatic heterocycles. The van der Waals surface area contributed by atoms with E-state index in [2.05, 4.69) is 54.5 Å². The zero-order valence-electron chi connectivity index (χ0n) is 21.0. The lowest BCUT2D eigenvalue weighted by Crippen LogP contribution is -2.49. The lowest BCUT2D eigenvalue weighted by atomic mass is 9.46. The van der Waals surface area contributed by atoms with Crippen molar-refractivity contribution in [3.63, 3.8) is 0 Å². The molecular weight excluding hydrogens is 364 g/mol. The minimum atomic E-state index is -0.0475. The van der Waals surface area contributed by atoms with E-state index in [-0.39, 0.29) is 6.10 Å². The Morgan fingerprint density at radius 1 is 1.00 bits per heavy atom. The van der Waals surface area contributed by atoms with Gasteiger partial charge in [0.05, 0.1) is 6.10 Å². The maximum Gasteiger partial charge on any atom is 0.0543 e. The average molecular weight is 413 g/mol. The highest BCUT2D eigenvalue weighted by Gasteiger charge is 2.61. The predicted octanol–water partition coefficient (Wildman–Crippen LogP) is 8.09. The molecule has 0 amide bonds. The molecule has 4 rings (SSSR count). The maximum absolute atomic E-state index is 10.3. The topological polar surface area (TPSA) is 20.2 Å². The van der Waals surface area contributed by atoms with Crippen molar-refractivity contribution in [2.75, 3.05) is 0 Å². The molecule has 2 fully saturated rings. The van der Waals surface area contributed by atoms with Crippen LogP contribution in [0.3, 0.4) is 0 Å². The van der Waals surface area contributed by atoms with Crippen LogP contribution in [0.2, 0.25) is 0 Å². The van der Waals surface area contributed by atoms with E-state index in [0.717, 1.165) is 24.7 Å². The third kappa shape index (κ3) is 3.28. The van der Waals surface area contributed by atoms with Gasteiger partial charge in [-0.15, -0.1) is 0 Å². The van der Waals surface area contributed by atoms with Gasteiger partial charge in [-0.1, -0.05) is 64.3 Å². The van der Waals surface area contributed by atoms with E-state index in [1.54, 1.807) is 5.57 Å². The van der Waals surface area contributed by atoms with E-state index in [9.17, 15) is 5.11 Å². The van der Waals surface area contributed by atoms with E-state index >= 15 is 0 Å². The van der Waals surface area contributed by atoms with Crippen molar-refractivity contribution in [1.29, 1.82) is 0 Å². The second kappa shape index (κ2) is 7.79. The molecule has 4 aliphatic carbocycles. The molecule has 1 N–H and O–H groups in total. The summed E-state index contributed by atoms with van der Waals surface area (Å²) in [4.78, 5) is 0. The van der Waals surface area contributed by atoms with Gasteiger partial charge in [-0.2, -0.15) is 0 Å². The molecule has 0 radical (unpaired) electrons. The van der Waals surface area contributed by atoms with Crippen LogP contribution in [0.4, 0.5) is 0 Å². The third-order valence-corrected chi connectivity index (χ3v) is 11.3. The quantitative estimate of drug-likeness (QED) is 0.462. The Labute approximate surface area is 186 Å². The largest absolute Gasteiger partial charge is 0.393 e. The number of hydrogen-bond donors (Lipinski definition) is 1. The highest BCUT2D eigenvalue weighted by molar-refractivity contribution is 5.38. The SMILES string of the molecule is CC(=CCC(C)C1CCC2(C)C3=C(CCC12C)C1(C)CCC(O)CC1CC3)C(C)C. The Morgan fingerprint density at radius 3 is 2.43 bits per heavy atom. The summed E-state index contributed by atoms with van der Waals surface area (Å²) in [5, 5.41) is 10.3. The van der Waals surface area contributed by atoms with Crippen LogP contribution in [-0.2, 0) is 0 Å². The van der Waals surface area contributed by atoms with Gasteiger partial charge in [-0.3, -0.25) is 0 Å². The van der Waals surface area contributed by atoms with Gasteiger partial charge in [-0.05, 0) is 111 Å². The van der Waals surface area contributed by atoms with Crippen molar-refractivity contribution in [3.8, 4) is 0 Å². The molecule has 1 nitrogen and oxygen atoms in total. The highest BCUT2D eigenvalue weighted by atomic mass is 16.3. The molecule has 1 heteroatoms. The van der Waals surface area contributed by atoms with E-state index in [0.29, 0.717) is 28.1 Å². The summed E-state index contributed by atoms with van der Waals surface area (Å²) in [5.41, 5.74) is 6.54. The second-order valence-electron chi connectivity index (χ2n) is 12.7. The zero-order valence-corrected chi connectivity index (χ0v) is 21.0. The van der Waals surface area contributed by atoms with Crippen LogP contribution in [0, 0.1) is 39.9 Å². The molecule has 0 aliphatic heterocycles. The van der Waals surface area contributed by atoms with E-state index < -0.39 is 0 Å². The Bertz CT molecular complexity index is 729. The fourth-order valence-electron chi connectivity index (χ4n) is 8.55. The van der Waals surface area contributed by atoms with Crippen LogP contribution in [0.5, 0.6) is 0 Å². The smallest absolute Gasteiger partial charge is 0.0543 e. The first-order chi connectivity index (χ1) is 14.0. The summed E-state index contributed by atoms with van der Waals surface area (Å²) >= 11 is 0. The van der Waals surface area contributed by atoms with Gasteiger partial charge < -0.3 is 5.11 Å². The van der Waals surface area contributed by atoms with Gasteiger partial charge in [0.2, 0.25) is 0 Å². The Balaban J connectivity index is 1.62. The van der Waals surface area contributed by atoms with Crippen LogP contribution in [0.15, 0.2) is 22.8 Å².